The topological polar surface area (TPSA) is 49.8 Å². The fourth-order valence-electron chi connectivity index (χ4n) is 3.47. The first-order valence-corrected chi connectivity index (χ1v) is 9.57. The normalized spacial score (nSPS) is 14.9. The van der Waals surface area contributed by atoms with Crippen molar-refractivity contribution in [2.45, 2.75) is 12.8 Å². The van der Waals surface area contributed by atoms with Crippen LogP contribution < -0.4 is 0 Å². The van der Waals surface area contributed by atoms with E-state index < -0.39 is 5.97 Å². The van der Waals surface area contributed by atoms with Gasteiger partial charge in [-0.3, -0.25) is 0 Å². The zero-order valence-electron chi connectivity index (χ0n) is 15.2. The molecule has 1 fully saturated rings. The zero-order chi connectivity index (χ0) is 19.1. The fourth-order valence-corrected chi connectivity index (χ4v) is 3.70. The van der Waals surface area contributed by atoms with E-state index in [-0.39, 0.29) is 6.61 Å². The molecule has 1 heterocycles. The molecule has 0 radical (unpaired) electrons. The third-order valence-electron chi connectivity index (χ3n) is 4.80. The number of hydrogen-bond acceptors (Lipinski definition) is 3. The van der Waals surface area contributed by atoms with Crippen molar-refractivity contribution in [3.8, 4) is 0 Å². The van der Waals surface area contributed by atoms with E-state index in [9.17, 15) is 4.79 Å². The van der Waals surface area contributed by atoms with Gasteiger partial charge in [-0.1, -0.05) is 65.7 Å². The fraction of sp³-hybridized carbons (Fsp3) is 0.318. The number of ether oxygens (including phenoxy) is 1. The van der Waals surface area contributed by atoms with Gasteiger partial charge in [0.1, 0.15) is 6.61 Å². The summed E-state index contributed by atoms with van der Waals surface area (Å²) in [5.41, 5.74) is 4.93. The van der Waals surface area contributed by atoms with Crippen LogP contribution in [0, 0.1) is 0 Å². The van der Waals surface area contributed by atoms with Gasteiger partial charge in [0.2, 0.25) is 0 Å². The van der Waals surface area contributed by atoms with Crippen LogP contribution in [0.3, 0.4) is 0 Å². The highest BCUT2D eigenvalue weighted by Gasteiger charge is 2.20. The molecule has 142 valence electrons. The summed E-state index contributed by atoms with van der Waals surface area (Å²) < 4.78 is 5.16. The molecule has 1 N–H and O–H groups in total. The number of nitrogens with zero attached hydrogens (tertiary/aromatic N) is 1. The first-order valence-electron chi connectivity index (χ1n) is 9.19. The Labute approximate surface area is 165 Å². The van der Waals surface area contributed by atoms with E-state index in [1.807, 2.05) is 24.3 Å². The van der Waals surface area contributed by atoms with Crippen LogP contribution in [-0.4, -0.2) is 48.8 Å². The van der Waals surface area contributed by atoms with Gasteiger partial charge in [0.05, 0.1) is 6.61 Å². The number of hydrogen-bond donors (Lipinski definition) is 1. The Balaban J connectivity index is 1.75. The molecule has 4 nitrogen and oxygen atoms in total. The van der Waals surface area contributed by atoms with Crippen LogP contribution in [0.2, 0.25) is 5.02 Å². The first-order chi connectivity index (χ1) is 13.1. The van der Waals surface area contributed by atoms with E-state index in [1.165, 1.54) is 16.7 Å². The summed E-state index contributed by atoms with van der Waals surface area (Å²) in [5, 5.41) is 9.40. The van der Waals surface area contributed by atoms with Gasteiger partial charge in [-0.25, -0.2) is 4.79 Å². The lowest BCUT2D eigenvalue weighted by molar-refractivity contribution is -0.142. The molecule has 1 saturated heterocycles. The maximum atomic E-state index is 10.5. The highest BCUT2D eigenvalue weighted by atomic mass is 35.5. The summed E-state index contributed by atoms with van der Waals surface area (Å²) in [7, 11) is 0. The van der Waals surface area contributed by atoms with Crippen LogP contribution in [0.4, 0.5) is 0 Å². The van der Waals surface area contributed by atoms with Gasteiger partial charge in [0, 0.05) is 30.2 Å². The molecule has 0 atom stereocenters. The van der Waals surface area contributed by atoms with E-state index in [4.69, 9.17) is 21.4 Å². The average molecular weight is 386 g/mol. The van der Waals surface area contributed by atoms with Gasteiger partial charge in [0.15, 0.2) is 0 Å². The Hall–Kier alpha value is -2.14. The summed E-state index contributed by atoms with van der Waals surface area (Å²) in [4.78, 5) is 12.8. The largest absolute Gasteiger partial charge is 0.480 e. The summed E-state index contributed by atoms with van der Waals surface area (Å²) in [6, 6.07) is 18.4. The molecule has 0 spiro atoms. The maximum Gasteiger partial charge on any atom is 0.329 e. The Kier molecular flexibility index (Phi) is 7.04. The number of halogens is 1. The lowest BCUT2D eigenvalue weighted by atomic mass is 9.88. The van der Waals surface area contributed by atoms with Crippen molar-refractivity contribution >= 4 is 23.1 Å². The number of likely N-dealkylation sites (tertiary alicyclic amines) is 1. The third-order valence-corrected chi connectivity index (χ3v) is 5.13. The Morgan fingerprint density at radius 3 is 2.37 bits per heavy atom. The molecule has 2 aromatic carbocycles. The van der Waals surface area contributed by atoms with Crippen LogP contribution in [0.25, 0.3) is 5.57 Å². The Morgan fingerprint density at radius 2 is 1.70 bits per heavy atom. The maximum absolute atomic E-state index is 10.5. The van der Waals surface area contributed by atoms with E-state index in [0.29, 0.717) is 6.61 Å². The molecule has 0 aromatic heterocycles. The molecule has 1 aliphatic heterocycles. The Bertz CT molecular complexity index is 794. The van der Waals surface area contributed by atoms with Crippen molar-refractivity contribution in [2.75, 3.05) is 32.8 Å². The van der Waals surface area contributed by atoms with Crippen LogP contribution in [0.1, 0.15) is 24.0 Å². The minimum Gasteiger partial charge on any atom is -0.480 e. The number of piperidine rings is 1. The number of aliphatic carboxylic acids is 1. The zero-order valence-corrected chi connectivity index (χ0v) is 16.0. The molecular formula is C22H24ClNO3. The summed E-state index contributed by atoms with van der Waals surface area (Å²) in [6.07, 6.45) is 1.93. The molecule has 3 rings (SSSR count). The van der Waals surface area contributed by atoms with Crippen molar-refractivity contribution in [1.82, 2.24) is 4.90 Å². The average Bonchev–Trinajstić information content (AvgIpc) is 2.69. The van der Waals surface area contributed by atoms with E-state index in [0.717, 1.165) is 43.1 Å². The van der Waals surface area contributed by atoms with E-state index in [2.05, 4.69) is 35.2 Å². The number of rotatable bonds is 7. The monoisotopic (exact) mass is 385 g/mol. The summed E-state index contributed by atoms with van der Waals surface area (Å²) in [6.45, 7) is 2.84. The van der Waals surface area contributed by atoms with Crippen LogP contribution in [-0.2, 0) is 9.53 Å². The lowest BCUT2D eigenvalue weighted by Crippen LogP contribution is -2.34. The van der Waals surface area contributed by atoms with Gasteiger partial charge < -0.3 is 14.7 Å². The number of carboxylic acid groups (broad SMARTS) is 1. The molecule has 5 heteroatoms. The standard InChI is InChI=1S/C22H24ClNO3/c23-20-9-5-4-8-19(20)22(17-6-2-1-3-7-17)18-10-12-24(13-11-18)14-15-27-16-21(25)26/h1-9H,10-16H2,(H,25,26). The minimum atomic E-state index is -0.925. The third kappa shape index (κ3) is 5.42. The molecule has 0 amide bonds. The number of benzene rings is 2. The van der Waals surface area contributed by atoms with Crippen LogP contribution in [0.5, 0.6) is 0 Å². The predicted molar refractivity (Wildman–Crippen MR) is 108 cm³/mol. The first kappa shape index (κ1) is 19.6. The van der Waals surface area contributed by atoms with E-state index in [1.54, 1.807) is 0 Å². The van der Waals surface area contributed by atoms with Crippen molar-refractivity contribution in [2.24, 2.45) is 0 Å². The second-order valence-electron chi connectivity index (χ2n) is 6.61. The summed E-state index contributed by atoms with van der Waals surface area (Å²) in [5.74, 6) is -0.925. The SMILES string of the molecule is O=C(O)COCCN1CCC(=C(c2ccccc2)c2ccccc2Cl)CC1. The molecular weight excluding hydrogens is 362 g/mol. The molecule has 0 unspecified atom stereocenters. The molecule has 0 saturated carbocycles. The highest BCUT2D eigenvalue weighted by molar-refractivity contribution is 6.32. The molecule has 0 aliphatic carbocycles. The molecule has 27 heavy (non-hydrogen) atoms. The highest BCUT2D eigenvalue weighted by Crippen LogP contribution is 2.35. The van der Waals surface area contributed by atoms with Gasteiger partial charge in [-0.2, -0.15) is 0 Å². The number of carboxylic acids is 1. The van der Waals surface area contributed by atoms with Gasteiger partial charge in [-0.15, -0.1) is 0 Å². The van der Waals surface area contributed by atoms with E-state index >= 15 is 0 Å². The van der Waals surface area contributed by atoms with Crippen molar-refractivity contribution in [3.63, 3.8) is 0 Å². The van der Waals surface area contributed by atoms with Crippen molar-refractivity contribution in [3.05, 3.63) is 76.3 Å². The second kappa shape index (κ2) is 9.70. The van der Waals surface area contributed by atoms with Gasteiger partial charge >= 0.3 is 5.97 Å². The molecule has 1 aliphatic rings. The lowest BCUT2D eigenvalue weighted by Gasteiger charge is -2.30. The Morgan fingerprint density at radius 1 is 1.04 bits per heavy atom. The minimum absolute atomic E-state index is 0.232. The van der Waals surface area contributed by atoms with Crippen molar-refractivity contribution in [1.29, 1.82) is 0 Å². The smallest absolute Gasteiger partial charge is 0.329 e. The molecule has 0 bridgehead atoms. The van der Waals surface area contributed by atoms with Gasteiger partial charge in [0.25, 0.3) is 0 Å². The molecule has 2 aromatic rings. The van der Waals surface area contributed by atoms with Crippen LogP contribution in [0.15, 0.2) is 60.2 Å². The van der Waals surface area contributed by atoms with Crippen molar-refractivity contribution < 1.29 is 14.6 Å². The van der Waals surface area contributed by atoms with Gasteiger partial charge in [-0.05, 0) is 30.0 Å². The summed E-state index contributed by atoms with van der Waals surface area (Å²) >= 11 is 6.52. The number of carbonyl (C=O) groups is 1. The van der Waals surface area contributed by atoms with Crippen LogP contribution >= 0.6 is 11.6 Å². The quantitative estimate of drug-likeness (QED) is 0.720. The predicted octanol–water partition coefficient (Wildman–Crippen LogP) is 4.34. The second-order valence-corrected chi connectivity index (χ2v) is 7.02.